The summed E-state index contributed by atoms with van der Waals surface area (Å²) in [5.41, 5.74) is 0.0949. The van der Waals surface area contributed by atoms with Gasteiger partial charge in [-0.25, -0.2) is 22.8 Å². The van der Waals surface area contributed by atoms with E-state index in [9.17, 15) is 22.8 Å². The molecule has 0 bridgehead atoms. The van der Waals surface area contributed by atoms with E-state index < -0.39 is 17.3 Å². The van der Waals surface area contributed by atoms with E-state index in [1.54, 1.807) is 11.6 Å². The van der Waals surface area contributed by atoms with Gasteiger partial charge in [-0.15, -0.1) is 5.10 Å². The number of benzene rings is 2. The van der Waals surface area contributed by atoms with Crippen LogP contribution in [0.3, 0.4) is 0 Å². The number of amides is 1. The first-order chi connectivity index (χ1) is 16.2. The summed E-state index contributed by atoms with van der Waals surface area (Å²) in [6, 6.07) is 11.5. The highest BCUT2D eigenvalue weighted by atomic mass is 19.1. The van der Waals surface area contributed by atoms with Crippen LogP contribution in [0.4, 0.5) is 18.9 Å². The number of fused-ring (bicyclic) bond motifs is 2. The summed E-state index contributed by atoms with van der Waals surface area (Å²) in [6.45, 7) is 3.24. The van der Waals surface area contributed by atoms with Crippen LogP contribution in [-0.2, 0) is 16.9 Å². The molecule has 1 N–H and O–H groups in total. The second-order valence-corrected chi connectivity index (χ2v) is 8.63. The quantitative estimate of drug-likeness (QED) is 0.528. The third kappa shape index (κ3) is 4.73. The minimum Gasteiger partial charge on any atom is -0.323 e. The molecule has 0 saturated heterocycles. The van der Waals surface area contributed by atoms with Crippen molar-refractivity contribution in [2.24, 2.45) is 0 Å². The van der Waals surface area contributed by atoms with Crippen molar-refractivity contribution in [1.29, 1.82) is 0 Å². The number of nitrogens with one attached hydrogen (secondary N) is 1. The maximum Gasteiger partial charge on any atom is 0.224 e. The average Bonchev–Trinajstić information content (AvgIpc) is 3.29. The molecule has 0 saturated carbocycles. The topological polar surface area (TPSA) is 76.9 Å². The minimum atomic E-state index is -1.56. The van der Waals surface area contributed by atoms with Crippen LogP contribution < -0.4 is 5.32 Å². The van der Waals surface area contributed by atoms with Crippen LogP contribution in [0.15, 0.2) is 42.5 Å². The highest BCUT2D eigenvalue weighted by Gasteiger charge is 2.45. The number of aromatic nitrogens is 3. The molecule has 178 valence electrons. The summed E-state index contributed by atoms with van der Waals surface area (Å²) in [7, 11) is 0. The summed E-state index contributed by atoms with van der Waals surface area (Å²) >= 11 is 0. The summed E-state index contributed by atoms with van der Waals surface area (Å²) in [5.74, 6) is -1.30. The Morgan fingerprint density at radius 2 is 1.94 bits per heavy atom. The van der Waals surface area contributed by atoms with Crippen LogP contribution in [0.25, 0.3) is 0 Å². The maximum atomic E-state index is 14.7. The lowest BCUT2D eigenvalue weighted by Gasteiger charge is -2.13. The number of ketones is 1. The smallest absolute Gasteiger partial charge is 0.224 e. The summed E-state index contributed by atoms with van der Waals surface area (Å²) in [6.07, 6.45) is 2.13. The second-order valence-electron chi connectivity index (χ2n) is 8.63. The molecule has 2 atom stereocenters. The molecule has 6 nitrogen and oxygen atoms in total. The first-order valence-corrected chi connectivity index (χ1v) is 11.2. The SMILES string of the molecule is CCC(=O)c1nc2n(n1)C(c1ccccc1)CC2(C)F.O=C1CCCc2cc(F)cc(F)c2N1. The number of nitrogens with zero attached hydrogens (tertiary/aromatic N) is 3. The van der Waals surface area contributed by atoms with E-state index in [0.29, 0.717) is 37.7 Å². The molecule has 0 radical (unpaired) electrons. The molecule has 1 aromatic heterocycles. The first kappa shape index (κ1) is 23.7. The van der Waals surface area contributed by atoms with Gasteiger partial charge in [0.15, 0.2) is 11.5 Å². The number of rotatable bonds is 3. The number of halogens is 3. The lowest BCUT2D eigenvalue weighted by molar-refractivity contribution is -0.116. The number of anilines is 1. The normalized spacial score (nSPS) is 21.0. The van der Waals surface area contributed by atoms with Crippen molar-refractivity contribution in [1.82, 2.24) is 14.8 Å². The van der Waals surface area contributed by atoms with Crippen LogP contribution in [0.5, 0.6) is 0 Å². The van der Waals surface area contributed by atoms with Gasteiger partial charge in [0.2, 0.25) is 17.5 Å². The zero-order valence-corrected chi connectivity index (χ0v) is 18.9. The van der Waals surface area contributed by atoms with E-state index in [1.807, 2.05) is 30.3 Å². The van der Waals surface area contributed by atoms with Crippen molar-refractivity contribution in [3.05, 3.63) is 76.9 Å². The molecule has 1 amide bonds. The third-order valence-corrected chi connectivity index (χ3v) is 5.98. The minimum absolute atomic E-state index is 0.118. The fourth-order valence-corrected chi connectivity index (χ4v) is 4.25. The number of hydrogen-bond donors (Lipinski definition) is 1. The lowest BCUT2D eigenvalue weighted by atomic mass is 9.98. The summed E-state index contributed by atoms with van der Waals surface area (Å²) in [5, 5.41) is 6.67. The van der Waals surface area contributed by atoms with E-state index in [0.717, 1.165) is 11.6 Å². The fourth-order valence-electron chi connectivity index (χ4n) is 4.25. The van der Waals surface area contributed by atoms with Crippen molar-refractivity contribution in [3.8, 4) is 0 Å². The predicted octanol–water partition coefficient (Wildman–Crippen LogP) is 5.29. The molecular weight excluding hydrogens is 445 g/mol. The Bertz CT molecular complexity index is 1220. The Kier molecular flexibility index (Phi) is 6.54. The molecule has 3 heterocycles. The van der Waals surface area contributed by atoms with E-state index in [4.69, 9.17) is 0 Å². The molecule has 5 rings (SSSR count). The van der Waals surface area contributed by atoms with Crippen LogP contribution in [-0.4, -0.2) is 26.5 Å². The molecule has 2 aliphatic heterocycles. The molecule has 0 fully saturated rings. The van der Waals surface area contributed by atoms with Crippen molar-refractivity contribution in [2.45, 2.75) is 57.7 Å². The Balaban J connectivity index is 0.000000172. The number of carbonyl (C=O) groups excluding carboxylic acids is 2. The average molecular weight is 470 g/mol. The number of alkyl halides is 1. The van der Waals surface area contributed by atoms with Crippen molar-refractivity contribution in [3.63, 3.8) is 0 Å². The fraction of sp³-hybridized carbons (Fsp3) is 0.360. The maximum absolute atomic E-state index is 14.7. The van der Waals surface area contributed by atoms with Gasteiger partial charge in [-0.2, -0.15) is 0 Å². The summed E-state index contributed by atoms with van der Waals surface area (Å²) in [4.78, 5) is 26.9. The van der Waals surface area contributed by atoms with Gasteiger partial charge in [0.05, 0.1) is 11.7 Å². The van der Waals surface area contributed by atoms with Gasteiger partial charge in [-0.3, -0.25) is 9.59 Å². The van der Waals surface area contributed by atoms with Gasteiger partial charge in [-0.1, -0.05) is 37.3 Å². The Morgan fingerprint density at radius 3 is 2.65 bits per heavy atom. The van der Waals surface area contributed by atoms with Gasteiger partial charge in [0, 0.05) is 25.3 Å². The van der Waals surface area contributed by atoms with Gasteiger partial charge < -0.3 is 5.32 Å². The van der Waals surface area contributed by atoms with Crippen LogP contribution in [0.1, 0.15) is 73.1 Å². The molecule has 0 spiro atoms. The number of Topliss-reactive ketones (excluding diaryl/α,β-unsaturated/α-hetero) is 1. The Morgan fingerprint density at radius 1 is 1.21 bits per heavy atom. The molecule has 0 aliphatic carbocycles. The monoisotopic (exact) mass is 470 g/mol. The molecule has 3 aromatic rings. The van der Waals surface area contributed by atoms with E-state index in [2.05, 4.69) is 15.4 Å². The molecular formula is C25H25F3N4O2. The first-order valence-electron chi connectivity index (χ1n) is 11.2. The van der Waals surface area contributed by atoms with E-state index in [1.165, 1.54) is 13.0 Å². The zero-order chi connectivity index (χ0) is 24.5. The van der Waals surface area contributed by atoms with Crippen molar-refractivity contribution in [2.75, 3.05) is 5.32 Å². The number of carbonyl (C=O) groups is 2. The largest absolute Gasteiger partial charge is 0.323 e. The van der Waals surface area contributed by atoms with Crippen LogP contribution in [0.2, 0.25) is 0 Å². The van der Waals surface area contributed by atoms with E-state index >= 15 is 0 Å². The van der Waals surface area contributed by atoms with Gasteiger partial charge >= 0.3 is 0 Å². The molecule has 2 aromatic carbocycles. The van der Waals surface area contributed by atoms with Crippen molar-refractivity contribution < 1.29 is 22.8 Å². The third-order valence-electron chi connectivity index (χ3n) is 5.98. The molecule has 9 heteroatoms. The Hall–Kier alpha value is -3.49. The standard InChI is InChI=1S/C15H16FN3O.C10H9F2NO/c1-3-12(20)13-17-14-15(2,16)9-11(19(14)18-13)10-7-5-4-6-8-10;11-7-4-6-2-1-3-9(14)13-10(6)8(12)5-7/h4-8,11H,3,9H2,1-2H3;4-5H,1-3H2,(H,13,14). The van der Waals surface area contributed by atoms with Crippen LogP contribution >= 0.6 is 0 Å². The molecule has 2 unspecified atom stereocenters. The summed E-state index contributed by atoms with van der Waals surface area (Å²) < 4.78 is 42.3. The molecule has 34 heavy (non-hydrogen) atoms. The Labute approximate surface area is 195 Å². The van der Waals surface area contributed by atoms with Gasteiger partial charge in [-0.05, 0) is 37.0 Å². The van der Waals surface area contributed by atoms with Gasteiger partial charge in [0.25, 0.3) is 0 Å². The number of hydrogen-bond acceptors (Lipinski definition) is 4. The predicted molar refractivity (Wildman–Crippen MR) is 120 cm³/mol. The highest BCUT2D eigenvalue weighted by Crippen LogP contribution is 2.43. The second kappa shape index (κ2) is 9.40. The lowest BCUT2D eigenvalue weighted by Crippen LogP contribution is -2.13. The highest BCUT2D eigenvalue weighted by molar-refractivity contribution is 5.92. The zero-order valence-electron chi connectivity index (χ0n) is 18.9. The number of aryl methyl sites for hydroxylation is 1. The van der Waals surface area contributed by atoms with Crippen molar-refractivity contribution >= 4 is 17.4 Å². The van der Waals surface area contributed by atoms with Gasteiger partial charge in [0.1, 0.15) is 11.6 Å². The van der Waals surface area contributed by atoms with E-state index in [-0.39, 0.29) is 35.1 Å². The molecule has 2 aliphatic rings. The van der Waals surface area contributed by atoms with Crippen LogP contribution in [0, 0.1) is 11.6 Å².